The first-order valence-electron chi connectivity index (χ1n) is 11.0. The number of rotatable bonds is 6. The Morgan fingerprint density at radius 3 is 2.88 bits per heavy atom. The highest BCUT2D eigenvalue weighted by Gasteiger charge is 2.30. The number of hydrogen-bond acceptors (Lipinski definition) is 5. The SMILES string of the molecule is CCNC(=NCc1cccnc1Oc1cccc(F)c1)N1CCC(N2CCOCC2)C1.I. The summed E-state index contributed by atoms with van der Waals surface area (Å²) in [6, 6.07) is 10.4. The fourth-order valence-electron chi connectivity index (χ4n) is 4.04. The Kier molecular flexibility index (Phi) is 9.49. The summed E-state index contributed by atoms with van der Waals surface area (Å²) < 4.78 is 24.8. The van der Waals surface area contributed by atoms with E-state index in [0.29, 0.717) is 24.2 Å². The van der Waals surface area contributed by atoms with Gasteiger partial charge in [-0.3, -0.25) is 4.90 Å². The van der Waals surface area contributed by atoms with E-state index < -0.39 is 0 Å². The van der Waals surface area contributed by atoms with Crippen LogP contribution in [0.2, 0.25) is 0 Å². The van der Waals surface area contributed by atoms with Crippen LogP contribution in [0.1, 0.15) is 18.9 Å². The maximum Gasteiger partial charge on any atom is 0.224 e. The van der Waals surface area contributed by atoms with Crippen LogP contribution in [0.25, 0.3) is 0 Å². The molecular weight excluding hydrogens is 524 g/mol. The molecule has 2 saturated heterocycles. The van der Waals surface area contributed by atoms with E-state index in [2.05, 4.69) is 27.0 Å². The molecule has 7 nitrogen and oxygen atoms in total. The van der Waals surface area contributed by atoms with Gasteiger partial charge in [0.25, 0.3) is 0 Å². The first-order chi connectivity index (χ1) is 15.2. The second-order valence-corrected chi connectivity index (χ2v) is 7.73. The number of nitrogens with zero attached hydrogens (tertiary/aromatic N) is 4. The molecule has 2 aliphatic rings. The third-order valence-corrected chi connectivity index (χ3v) is 5.62. The number of aliphatic imine (C=N–C) groups is 1. The summed E-state index contributed by atoms with van der Waals surface area (Å²) in [6.45, 7) is 8.90. The number of morpholine rings is 1. The van der Waals surface area contributed by atoms with Gasteiger partial charge in [0.15, 0.2) is 5.96 Å². The fraction of sp³-hybridized carbons (Fsp3) is 0.478. The molecule has 9 heteroatoms. The van der Waals surface area contributed by atoms with Gasteiger partial charge >= 0.3 is 0 Å². The molecule has 174 valence electrons. The highest BCUT2D eigenvalue weighted by molar-refractivity contribution is 14.0. The van der Waals surface area contributed by atoms with Crippen molar-refractivity contribution < 1.29 is 13.9 Å². The number of pyridine rings is 1. The molecule has 1 aromatic heterocycles. The summed E-state index contributed by atoms with van der Waals surface area (Å²) in [7, 11) is 0. The Bertz CT molecular complexity index is 894. The minimum atomic E-state index is -0.341. The lowest BCUT2D eigenvalue weighted by molar-refractivity contribution is 0.0195. The van der Waals surface area contributed by atoms with Crippen molar-refractivity contribution in [1.82, 2.24) is 20.1 Å². The average molecular weight is 555 g/mol. The molecule has 1 N–H and O–H groups in total. The van der Waals surface area contributed by atoms with E-state index in [0.717, 1.165) is 63.9 Å². The van der Waals surface area contributed by atoms with Gasteiger partial charge in [0.05, 0.1) is 19.8 Å². The largest absolute Gasteiger partial charge is 0.439 e. The van der Waals surface area contributed by atoms with Crippen molar-refractivity contribution in [2.75, 3.05) is 45.9 Å². The van der Waals surface area contributed by atoms with Gasteiger partial charge in [0.1, 0.15) is 11.6 Å². The van der Waals surface area contributed by atoms with Gasteiger partial charge in [-0.15, -0.1) is 24.0 Å². The van der Waals surface area contributed by atoms with Crippen LogP contribution in [-0.2, 0) is 11.3 Å². The van der Waals surface area contributed by atoms with Crippen LogP contribution >= 0.6 is 24.0 Å². The summed E-state index contributed by atoms with van der Waals surface area (Å²) in [5, 5.41) is 3.42. The van der Waals surface area contributed by atoms with Crippen LogP contribution in [0.5, 0.6) is 11.6 Å². The molecule has 0 saturated carbocycles. The van der Waals surface area contributed by atoms with Crippen molar-refractivity contribution in [1.29, 1.82) is 0 Å². The maximum absolute atomic E-state index is 13.5. The quantitative estimate of drug-likeness (QED) is 0.335. The van der Waals surface area contributed by atoms with Crippen LogP contribution in [-0.4, -0.2) is 72.7 Å². The number of hydrogen-bond donors (Lipinski definition) is 1. The van der Waals surface area contributed by atoms with Gasteiger partial charge in [0, 0.05) is 56.6 Å². The fourth-order valence-corrected chi connectivity index (χ4v) is 4.04. The normalized spacial score (nSPS) is 19.5. The third kappa shape index (κ3) is 6.52. The molecule has 4 rings (SSSR count). The second-order valence-electron chi connectivity index (χ2n) is 7.73. The summed E-state index contributed by atoms with van der Waals surface area (Å²) in [6.07, 6.45) is 2.80. The van der Waals surface area contributed by atoms with E-state index in [1.54, 1.807) is 18.3 Å². The topological polar surface area (TPSA) is 62.2 Å². The maximum atomic E-state index is 13.5. The van der Waals surface area contributed by atoms with Crippen LogP contribution in [0.15, 0.2) is 47.6 Å². The van der Waals surface area contributed by atoms with Gasteiger partial charge in [-0.2, -0.15) is 0 Å². The van der Waals surface area contributed by atoms with Crippen molar-refractivity contribution in [2.45, 2.75) is 25.9 Å². The minimum absolute atomic E-state index is 0. The number of benzene rings is 1. The lowest BCUT2D eigenvalue weighted by Gasteiger charge is -2.32. The molecule has 32 heavy (non-hydrogen) atoms. The summed E-state index contributed by atoms with van der Waals surface area (Å²) in [5.74, 6) is 1.43. The van der Waals surface area contributed by atoms with Gasteiger partial charge < -0.3 is 19.7 Å². The highest BCUT2D eigenvalue weighted by Crippen LogP contribution is 2.24. The Hall–Kier alpha value is -1.98. The lowest BCUT2D eigenvalue weighted by atomic mass is 10.2. The molecule has 0 aliphatic carbocycles. The molecule has 0 bridgehead atoms. The number of nitrogens with one attached hydrogen (secondary N) is 1. The number of aromatic nitrogens is 1. The molecule has 1 atom stereocenters. The van der Waals surface area contributed by atoms with E-state index in [1.807, 2.05) is 12.1 Å². The molecule has 2 aliphatic heterocycles. The van der Waals surface area contributed by atoms with Crippen LogP contribution in [0, 0.1) is 5.82 Å². The van der Waals surface area contributed by atoms with Crippen LogP contribution < -0.4 is 10.1 Å². The standard InChI is InChI=1S/C23H30FN5O2.HI/c1-2-25-23(29-10-8-20(17-29)28-11-13-30-14-12-28)27-16-18-5-4-9-26-22(18)31-21-7-3-6-19(24)15-21;/h3-7,9,15,20H,2,8,10-14,16-17H2,1H3,(H,25,27);1H. The van der Waals surface area contributed by atoms with Crippen molar-refractivity contribution in [3.05, 3.63) is 54.0 Å². The van der Waals surface area contributed by atoms with Gasteiger partial charge in [-0.1, -0.05) is 12.1 Å². The minimum Gasteiger partial charge on any atom is -0.439 e. The third-order valence-electron chi connectivity index (χ3n) is 5.62. The second kappa shape index (κ2) is 12.3. The first kappa shape index (κ1) is 24.7. The predicted octanol–water partition coefficient (Wildman–Crippen LogP) is 3.50. The molecule has 0 amide bonds. The lowest BCUT2D eigenvalue weighted by Crippen LogP contribution is -2.46. The number of halogens is 2. The van der Waals surface area contributed by atoms with E-state index in [1.165, 1.54) is 12.1 Å². The predicted molar refractivity (Wildman–Crippen MR) is 133 cm³/mol. The zero-order chi connectivity index (χ0) is 21.5. The molecule has 0 spiro atoms. The summed E-state index contributed by atoms with van der Waals surface area (Å²) >= 11 is 0. The van der Waals surface area contributed by atoms with E-state index >= 15 is 0 Å². The Morgan fingerprint density at radius 1 is 1.25 bits per heavy atom. The Morgan fingerprint density at radius 2 is 2.09 bits per heavy atom. The van der Waals surface area contributed by atoms with Gasteiger partial charge in [-0.05, 0) is 31.5 Å². The molecule has 1 aromatic carbocycles. The van der Waals surface area contributed by atoms with Crippen LogP contribution in [0.3, 0.4) is 0 Å². The zero-order valence-electron chi connectivity index (χ0n) is 18.4. The Balaban J connectivity index is 0.00000289. The number of guanidine groups is 1. The van der Waals surface area contributed by atoms with E-state index in [-0.39, 0.29) is 29.8 Å². The molecule has 0 radical (unpaired) electrons. The molecule has 3 heterocycles. The Labute approximate surface area is 206 Å². The van der Waals surface area contributed by atoms with Gasteiger partial charge in [0.2, 0.25) is 5.88 Å². The highest BCUT2D eigenvalue weighted by atomic mass is 127. The summed E-state index contributed by atoms with van der Waals surface area (Å²) in [4.78, 5) is 14.0. The smallest absolute Gasteiger partial charge is 0.224 e. The monoisotopic (exact) mass is 555 g/mol. The number of ether oxygens (including phenoxy) is 2. The van der Waals surface area contributed by atoms with Crippen molar-refractivity contribution >= 4 is 29.9 Å². The molecule has 2 aromatic rings. The van der Waals surface area contributed by atoms with Gasteiger partial charge in [-0.25, -0.2) is 14.4 Å². The van der Waals surface area contributed by atoms with Crippen molar-refractivity contribution in [3.63, 3.8) is 0 Å². The first-order valence-corrected chi connectivity index (χ1v) is 11.0. The molecule has 2 fully saturated rings. The molecular formula is C23H31FIN5O2. The van der Waals surface area contributed by atoms with Crippen molar-refractivity contribution in [2.24, 2.45) is 4.99 Å². The summed E-state index contributed by atoms with van der Waals surface area (Å²) in [5.41, 5.74) is 0.853. The number of likely N-dealkylation sites (tertiary alicyclic amines) is 1. The van der Waals surface area contributed by atoms with Crippen LogP contribution in [0.4, 0.5) is 4.39 Å². The molecule has 1 unspecified atom stereocenters. The van der Waals surface area contributed by atoms with E-state index in [4.69, 9.17) is 14.5 Å². The van der Waals surface area contributed by atoms with E-state index in [9.17, 15) is 4.39 Å². The zero-order valence-corrected chi connectivity index (χ0v) is 20.7. The van der Waals surface area contributed by atoms with Crippen molar-refractivity contribution in [3.8, 4) is 11.6 Å². The average Bonchev–Trinajstić information content (AvgIpc) is 3.28.